The van der Waals surface area contributed by atoms with Crippen LogP contribution in [-0.2, 0) is 4.74 Å². The van der Waals surface area contributed by atoms with Gasteiger partial charge in [-0.1, -0.05) is 46.0 Å². The van der Waals surface area contributed by atoms with Crippen molar-refractivity contribution in [1.29, 1.82) is 0 Å². The average molecular weight is 281 g/mol. The van der Waals surface area contributed by atoms with Crippen molar-refractivity contribution < 1.29 is 4.74 Å². The van der Waals surface area contributed by atoms with E-state index in [9.17, 15) is 0 Å². The highest BCUT2D eigenvalue weighted by molar-refractivity contribution is 7.99. The van der Waals surface area contributed by atoms with Crippen LogP contribution >= 0.6 is 23.4 Å². The molecule has 3 heteroatoms. The fourth-order valence-electron chi connectivity index (χ4n) is 1.64. The van der Waals surface area contributed by atoms with Crippen LogP contribution in [0.3, 0.4) is 0 Å². The SMILES string of the molecule is CCCCCCSCCO[C@@H](CCl)CCCC. The predicted octanol–water partition coefficient (Wildman–Crippen LogP) is 5.11. The lowest BCUT2D eigenvalue weighted by atomic mass is 10.2. The summed E-state index contributed by atoms with van der Waals surface area (Å²) < 4.78 is 5.77. The van der Waals surface area contributed by atoms with Crippen LogP contribution < -0.4 is 0 Å². The monoisotopic (exact) mass is 280 g/mol. The Hall–Kier alpha value is 0.600. The quantitative estimate of drug-likeness (QED) is 0.342. The number of halogens is 1. The zero-order valence-electron chi connectivity index (χ0n) is 11.5. The van der Waals surface area contributed by atoms with Gasteiger partial charge in [0.05, 0.1) is 12.7 Å². The second-order valence-corrected chi connectivity index (χ2v) is 6.00. The van der Waals surface area contributed by atoms with E-state index in [1.807, 2.05) is 11.8 Å². The highest BCUT2D eigenvalue weighted by Gasteiger charge is 2.06. The zero-order chi connectivity index (χ0) is 12.8. The third kappa shape index (κ3) is 12.8. The first-order chi connectivity index (χ1) is 8.35. The van der Waals surface area contributed by atoms with Crippen LogP contribution in [0.4, 0.5) is 0 Å². The number of thioether (sulfide) groups is 1. The molecule has 0 bridgehead atoms. The average Bonchev–Trinajstić information content (AvgIpc) is 2.36. The molecule has 1 atom stereocenters. The summed E-state index contributed by atoms with van der Waals surface area (Å²) in [7, 11) is 0. The van der Waals surface area contributed by atoms with Crippen LogP contribution in [0.25, 0.3) is 0 Å². The summed E-state index contributed by atoms with van der Waals surface area (Å²) in [6.07, 6.45) is 9.27. The number of ether oxygens (including phenoxy) is 1. The smallest absolute Gasteiger partial charge is 0.0710 e. The van der Waals surface area contributed by atoms with Crippen molar-refractivity contribution in [2.75, 3.05) is 24.0 Å². The summed E-state index contributed by atoms with van der Waals surface area (Å²) in [6, 6.07) is 0. The molecule has 0 amide bonds. The second kappa shape index (κ2) is 14.7. The Kier molecular flexibility index (Phi) is 15.2. The maximum absolute atomic E-state index is 5.87. The third-order valence-corrected chi connectivity index (χ3v) is 4.15. The van der Waals surface area contributed by atoms with E-state index in [2.05, 4.69) is 13.8 Å². The summed E-state index contributed by atoms with van der Waals surface area (Å²) >= 11 is 7.88. The normalized spacial score (nSPS) is 12.9. The van der Waals surface area contributed by atoms with Gasteiger partial charge in [-0.05, 0) is 18.6 Å². The molecule has 0 unspecified atom stereocenters. The van der Waals surface area contributed by atoms with Crippen molar-refractivity contribution in [2.24, 2.45) is 0 Å². The molecule has 104 valence electrons. The number of hydrogen-bond acceptors (Lipinski definition) is 2. The van der Waals surface area contributed by atoms with Gasteiger partial charge in [-0.15, -0.1) is 11.6 Å². The van der Waals surface area contributed by atoms with Crippen LogP contribution in [0, 0.1) is 0 Å². The van der Waals surface area contributed by atoms with Crippen LogP contribution in [0.15, 0.2) is 0 Å². The van der Waals surface area contributed by atoms with E-state index < -0.39 is 0 Å². The summed E-state index contributed by atoms with van der Waals surface area (Å²) in [6.45, 7) is 5.32. The summed E-state index contributed by atoms with van der Waals surface area (Å²) in [4.78, 5) is 0. The van der Waals surface area contributed by atoms with Gasteiger partial charge in [-0.25, -0.2) is 0 Å². The van der Waals surface area contributed by atoms with E-state index in [1.54, 1.807) is 0 Å². The first-order valence-electron chi connectivity index (χ1n) is 7.10. The molecule has 0 aliphatic carbocycles. The molecule has 0 N–H and O–H groups in total. The molecule has 0 aromatic rings. The number of rotatable bonds is 13. The Balaban J connectivity index is 3.19. The topological polar surface area (TPSA) is 9.23 Å². The highest BCUT2D eigenvalue weighted by atomic mass is 35.5. The van der Waals surface area contributed by atoms with Crippen LogP contribution in [-0.4, -0.2) is 30.1 Å². The molecule has 0 heterocycles. The minimum atomic E-state index is 0.275. The van der Waals surface area contributed by atoms with Crippen molar-refractivity contribution in [3.63, 3.8) is 0 Å². The minimum Gasteiger partial charge on any atom is -0.376 e. The molecule has 17 heavy (non-hydrogen) atoms. The van der Waals surface area contributed by atoms with Crippen molar-refractivity contribution in [1.82, 2.24) is 0 Å². The number of unbranched alkanes of at least 4 members (excludes halogenated alkanes) is 4. The summed E-state index contributed by atoms with van der Waals surface area (Å²) in [5.74, 6) is 3.04. The largest absolute Gasteiger partial charge is 0.376 e. The Morgan fingerprint density at radius 1 is 1.00 bits per heavy atom. The van der Waals surface area contributed by atoms with Crippen molar-refractivity contribution in [3.8, 4) is 0 Å². The van der Waals surface area contributed by atoms with Crippen LogP contribution in [0.5, 0.6) is 0 Å². The molecule has 0 radical (unpaired) electrons. The van der Waals surface area contributed by atoms with Gasteiger partial charge in [0, 0.05) is 11.6 Å². The van der Waals surface area contributed by atoms with Gasteiger partial charge >= 0.3 is 0 Å². The summed E-state index contributed by atoms with van der Waals surface area (Å²) in [5.41, 5.74) is 0. The Morgan fingerprint density at radius 3 is 2.41 bits per heavy atom. The van der Waals surface area contributed by atoms with Gasteiger partial charge < -0.3 is 4.74 Å². The predicted molar refractivity (Wildman–Crippen MR) is 81.5 cm³/mol. The fourth-order valence-corrected chi connectivity index (χ4v) is 2.71. The lowest BCUT2D eigenvalue weighted by Gasteiger charge is -2.14. The van der Waals surface area contributed by atoms with Gasteiger partial charge in [0.1, 0.15) is 0 Å². The van der Waals surface area contributed by atoms with Gasteiger partial charge in [0.2, 0.25) is 0 Å². The zero-order valence-corrected chi connectivity index (χ0v) is 13.1. The number of hydrogen-bond donors (Lipinski definition) is 0. The van der Waals surface area contributed by atoms with E-state index in [-0.39, 0.29) is 6.10 Å². The minimum absolute atomic E-state index is 0.275. The first kappa shape index (κ1) is 17.6. The van der Waals surface area contributed by atoms with Crippen molar-refractivity contribution in [3.05, 3.63) is 0 Å². The lowest BCUT2D eigenvalue weighted by molar-refractivity contribution is 0.0731. The molecule has 0 fully saturated rings. The number of alkyl halides is 1. The van der Waals surface area contributed by atoms with Gasteiger partial charge in [-0.3, -0.25) is 0 Å². The molecule has 0 aromatic carbocycles. The van der Waals surface area contributed by atoms with Gasteiger partial charge in [0.25, 0.3) is 0 Å². The van der Waals surface area contributed by atoms with E-state index in [1.165, 1.54) is 44.3 Å². The Bertz CT molecular complexity index is 144. The molecule has 0 aliphatic rings. The standard InChI is InChI=1S/C14H29ClOS/c1-3-5-7-8-11-17-12-10-16-14(13-15)9-6-4-2/h14H,3-13H2,1-2H3/t14-/m1/s1. The molecule has 0 spiro atoms. The molecule has 0 saturated carbocycles. The maximum atomic E-state index is 5.87. The third-order valence-electron chi connectivity index (χ3n) is 2.78. The highest BCUT2D eigenvalue weighted by Crippen LogP contribution is 2.10. The van der Waals surface area contributed by atoms with E-state index in [0.29, 0.717) is 5.88 Å². The van der Waals surface area contributed by atoms with Crippen LogP contribution in [0.2, 0.25) is 0 Å². The first-order valence-corrected chi connectivity index (χ1v) is 8.79. The van der Waals surface area contributed by atoms with Crippen LogP contribution in [0.1, 0.15) is 58.8 Å². The van der Waals surface area contributed by atoms with Gasteiger partial charge in [0.15, 0.2) is 0 Å². The summed E-state index contributed by atoms with van der Waals surface area (Å²) in [5, 5.41) is 0. The van der Waals surface area contributed by atoms with Gasteiger partial charge in [-0.2, -0.15) is 11.8 Å². The fraction of sp³-hybridized carbons (Fsp3) is 1.00. The molecule has 0 aliphatic heterocycles. The Morgan fingerprint density at radius 2 is 1.76 bits per heavy atom. The molecular formula is C14H29ClOS. The maximum Gasteiger partial charge on any atom is 0.0710 e. The van der Waals surface area contributed by atoms with Crippen molar-refractivity contribution >= 4 is 23.4 Å². The molecular weight excluding hydrogens is 252 g/mol. The Labute approximate surface area is 117 Å². The lowest BCUT2D eigenvalue weighted by Crippen LogP contribution is -2.16. The van der Waals surface area contributed by atoms with E-state index in [0.717, 1.165) is 18.8 Å². The molecule has 1 nitrogen and oxygen atoms in total. The molecule has 0 rings (SSSR count). The second-order valence-electron chi connectivity index (χ2n) is 4.46. The van der Waals surface area contributed by atoms with Crippen molar-refractivity contribution in [2.45, 2.75) is 64.9 Å². The molecule has 0 aromatic heterocycles. The molecule has 0 saturated heterocycles. The van der Waals surface area contributed by atoms with E-state index in [4.69, 9.17) is 16.3 Å². The van der Waals surface area contributed by atoms with E-state index >= 15 is 0 Å².